The monoisotopic (exact) mass is 402 g/mol. The van der Waals surface area contributed by atoms with Gasteiger partial charge < -0.3 is 5.32 Å². The molecule has 0 spiro atoms. The number of non-ortho nitro benzene ring substituents is 1. The summed E-state index contributed by atoms with van der Waals surface area (Å²) < 4.78 is 0. The van der Waals surface area contributed by atoms with Gasteiger partial charge in [-0.1, -0.05) is 23.7 Å². The molecule has 0 aliphatic heterocycles. The number of amides is 2. The van der Waals surface area contributed by atoms with Gasteiger partial charge in [0.2, 0.25) is 0 Å². The molecule has 0 radical (unpaired) electrons. The molecule has 2 N–H and O–H groups in total. The van der Waals surface area contributed by atoms with Crippen molar-refractivity contribution in [1.29, 1.82) is 0 Å². The maximum absolute atomic E-state index is 12.5. The fraction of sp³-hybridized carbons (Fsp3) is 0. The molecule has 3 aromatic rings. The number of para-hydroxylation sites is 1. The van der Waals surface area contributed by atoms with Crippen molar-refractivity contribution < 1.29 is 14.5 Å². The number of anilines is 2. The molecule has 0 aliphatic rings. The Morgan fingerprint density at radius 3 is 2.52 bits per heavy atom. The Morgan fingerprint density at radius 1 is 1.07 bits per heavy atom. The maximum atomic E-state index is 12.5. The van der Waals surface area contributed by atoms with Gasteiger partial charge in [0.15, 0.2) is 5.13 Å². The summed E-state index contributed by atoms with van der Waals surface area (Å²) in [6.07, 6.45) is 1.55. The fourth-order valence-corrected chi connectivity index (χ4v) is 2.96. The number of aromatic nitrogens is 1. The molecule has 0 bridgehead atoms. The molecule has 2 aromatic carbocycles. The van der Waals surface area contributed by atoms with Gasteiger partial charge in [-0.05, 0) is 18.2 Å². The number of carbonyl (C=O) groups is 2. The third-order valence-corrected chi connectivity index (χ3v) is 4.50. The summed E-state index contributed by atoms with van der Waals surface area (Å²) in [6, 6.07) is 9.92. The van der Waals surface area contributed by atoms with Crippen LogP contribution in [0.1, 0.15) is 20.7 Å². The first-order valence-corrected chi connectivity index (χ1v) is 8.76. The number of halogens is 1. The molecule has 0 fully saturated rings. The van der Waals surface area contributed by atoms with Crippen LogP contribution >= 0.6 is 22.9 Å². The largest absolute Gasteiger partial charge is 0.321 e. The van der Waals surface area contributed by atoms with Gasteiger partial charge >= 0.3 is 0 Å². The quantitative estimate of drug-likeness (QED) is 0.490. The van der Waals surface area contributed by atoms with E-state index in [0.717, 1.165) is 6.07 Å². The Hall–Kier alpha value is -3.30. The minimum Gasteiger partial charge on any atom is -0.321 e. The minimum atomic E-state index is -0.668. The van der Waals surface area contributed by atoms with Crippen LogP contribution in [0.4, 0.5) is 16.5 Å². The number of nitro groups is 1. The smallest absolute Gasteiger partial charge is 0.270 e. The summed E-state index contributed by atoms with van der Waals surface area (Å²) >= 11 is 7.25. The summed E-state index contributed by atoms with van der Waals surface area (Å²) in [5, 5.41) is 18.3. The molecule has 2 amide bonds. The molecule has 0 saturated carbocycles. The lowest BCUT2D eigenvalue weighted by atomic mass is 10.1. The standard InChI is InChI=1S/C17H11ClN4O4S/c18-13-6-5-10(22(25)26)9-12(13)16(24)20-14-4-2-1-3-11(14)15(23)21-17-19-7-8-27-17/h1-9H,(H,20,24)(H,19,21,23). The van der Waals surface area contributed by atoms with Crippen molar-refractivity contribution in [2.24, 2.45) is 0 Å². The number of nitrogens with zero attached hydrogens (tertiary/aromatic N) is 2. The van der Waals surface area contributed by atoms with Gasteiger partial charge in [0.05, 0.1) is 26.8 Å². The predicted octanol–water partition coefficient (Wildman–Crippen LogP) is 4.21. The second-order valence-electron chi connectivity index (χ2n) is 5.21. The zero-order valence-electron chi connectivity index (χ0n) is 13.5. The first-order chi connectivity index (χ1) is 13.0. The van der Waals surface area contributed by atoms with E-state index in [2.05, 4.69) is 15.6 Å². The van der Waals surface area contributed by atoms with E-state index in [0.29, 0.717) is 5.13 Å². The highest BCUT2D eigenvalue weighted by Crippen LogP contribution is 2.24. The lowest BCUT2D eigenvalue weighted by molar-refractivity contribution is -0.384. The molecule has 1 heterocycles. The van der Waals surface area contributed by atoms with Gasteiger partial charge in [-0.2, -0.15) is 0 Å². The van der Waals surface area contributed by atoms with Crippen LogP contribution in [0.3, 0.4) is 0 Å². The Kier molecular flexibility index (Phi) is 5.43. The highest BCUT2D eigenvalue weighted by Gasteiger charge is 2.19. The van der Waals surface area contributed by atoms with Crippen molar-refractivity contribution in [2.75, 3.05) is 10.6 Å². The molecule has 10 heteroatoms. The van der Waals surface area contributed by atoms with Crippen LogP contribution in [0.15, 0.2) is 54.0 Å². The van der Waals surface area contributed by atoms with Crippen molar-refractivity contribution in [3.8, 4) is 0 Å². The molecule has 1 aromatic heterocycles. The second-order valence-corrected chi connectivity index (χ2v) is 6.51. The van der Waals surface area contributed by atoms with E-state index in [9.17, 15) is 19.7 Å². The van der Waals surface area contributed by atoms with Crippen molar-refractivity contribution >= 4 is 51.3 Å². The van der Waals surface area contributed by atoms with Crippen LogP contribution in [0.5, 0.6) is 0 Å². The van der Waals surface area contributed by atoms with E-state index in [1.54, 1.807) is 29.8 Å². The molecule has 8 nitrogen and oxygen atoms in total. The molecule has 27 heavy (non-hydrogen) atoms. The number of hydrogen-bond donors (Lipinski definition) is 2. The highest BCUT2D eigenvalue weighted by molar-refractivity contribution is 7.13. The highest BCUT2D eigenvalue weighted by atomic mass is 35.5. The predicted molar refractivity (Wildman–Crippen MR) is 103 cm³/mol. The number of hydrogen-bond acceptors (Lipinski definition) is 6. The van der Waals surface area contributed by atoms with E-state index in [4.69, 9.17) is 11.6 Å². The molecule has 0 atom stereocenters. The summed E-state index contributed by atoms with van der Waals surface area (Å²) in [7, 11) is 0. The Balaban J connectivity index is 1.86. The van der Waals surface area contributed by atoms with Crippen LogP contribution in [-0.4, -0.2) is 21.7 Å². The van der Waals surface area contributed by atoms with Crippen LogP contribution in [0.25, 0.3) is 0 Å². The van der Waals surface area contributed by atoms with Crippen LogP contribution < -0.4 is 10.6 Å². The molecule has 0 saturated heterocycles. The number of rotatable bonds is 5. The lowest BCUT2D eigenvalue weighted by Gasteiger charge is -2.11. The van der Waals surface area contributed by atoms with Crippen molar-refractivity contribution in [3.63, 3.8) is 0 Å². The number of nitrogens with one attached hydrogen (secondary N) is 2. The number of thiazole rings is 1. The van der Waals surface area contributed by atoms with Crippen LogP contribution in [0.2, 0.25) is 5.02 Å². The van der Waals surface area contributed by atoms with Crippen molar-refractivity contribution in [1.82, 2.24) is 4.98 Å². The molecular formula is C17H11ClN4O4S. The zero-order chi connectivity index (χ0) is 19.4. The average molecular weight is 403 g/mol. The first kappa shape index (κ1) is 18.5. The van der Waals surface area contributed by atoms with Gasteiger partial charge in [0, 0.05) is 23.7 Å². The number of carbonyl (C=O) groups excluding carboxylic acids is 2. The first-order valence-electron chi connectivity index (χ1n) is 7.51. The minimum absolute atomic E-state index is 0.0582. The van der Waals surface area contributed by atoms with Crippen molar-refractivity contribution in [3.05, 3.63) is 80.3 Å². The van der Waals surface area contributed by atoms with E-state index in [1.807, 2.05) is 0 Å². The fourth-order valence-electron chi connectivity index (χ4n) is 2.23. The van der Waals surface area contributed by atoms with Crippen LogP contribution in [-0.2, 0) is 0 Å². The van der Waals surface area contributed by atoms with Gasteiger partial charge in [-0.25, -0.2) is 4.98 Å². The average Bonchev–Trinajstić information content (AvgIpc) is 3.15. The van der Waals surface area contributed by atoms with E-state index in [1.165, 1.54) is 29.5 Å². The topological polar surface area (TPSA) is 114 Å². The Labute approximate surface area is 162 Å². The SMILES string of the molecule is O=C(Nc1ccccc1C(=O)Nc1nccs1)c1cc([N+](=O)[O-])ccc1Cl. The van der Waals surface area contributed by atoms with E-state index >= 15 is 0 Å². The number of benzene rings is 2. The van der Waals surface area contributed by atoms with Gasteiger partial charge in [-0.3, -0.25) is 25.0 Å². The van der Waals surface area contributed by atoms with Crippen molar-refractivity contribution in [2.45, 2.75) is 0 Å². The third kappa shape index (κ3) is 4.27. The van der Waals surface area contributed by atoms with E-state index in [-0.39, 0.29) is 27.5 Å². The Morgan fingerprint density at radius 2 is 1.81 bits per heavy atom. The zero-order valence-corrected chi connectivity index (χ0v) is 15.1. The van der Waals surface area contributed by atoms with Crippen LogP contribution in [0, 0.1) is 10.1 Å². The summed E-state index contributed by atoms with van der Waals surface area (Å²) in [6.45, 7) is 0. The molecular weight excluding hydrogens is 392 g/mol. The summed E-state index contributed by atoms with van der Waals surface area (Å²) in [5.74, 6) is -1.12. The lowest BCUT2D eigenvalue weighted by Crippen LogP contribution is -2.18. The summed E-state index contributed by atoms with van der Waals surface area (Å²) in [4.78, 5) is 39.3. The molecule has 136 valence electrons. The van der Waals surface area contributed by atoms with E-state index < -0.39 is 16.7 Å². The van der Waals surface area contributed by atoms with Gasteiger partial charge in [-0.15, -0.1) is 11.3 Å². The third-order valence-electron chi connectivity index (χ3n) is 3.48. The maximum Gasteiger partial charge on any atom is 0.270 e. The summed E-state index contributed by atoms with van der Waals surface area (Å²) in [5.41, 5.74) is 0.113. The molecule has 0 unspecified atom stereocenters. The Bertz CT molecular complexity index is 1020. The normalized spacial score (nSPS) is 10.3. The van der Waals surface area contributed by atoms with Gasteiger partial charge in [0.1, 0.15) is 0 Å². The second kappa shape index (κ2) is 7.94. The molecule has 3 rings (SSSR count). The molecule has 0 aliphatic carbocycles. The van der Waals surface area contributed by atoms with Gasteiger partial charge in [0.25, 0.3) is 17.5 Å². The number of nitro benzene ring substituents is 1.